The molecule has 2 aromatic rings. The van der Waals surface area contributed by atoms with Gasteiger partial charge in [-0.2, -0.15) is 0 Å². The summed E-state index contributed by atoms with van der Waals surface area (Å²) in [7, 11) is 0. The molecule has 6 heteroatoms. The Balaban J connectivity index is 2.11. The molecule has 1 N–H and O–H groups in total. The van der Waals surface area contributed by atoms with Gasteiger partial charge < -0.3 is 10.2 Å². The largest absolute Gasteiger partial charge is 0.341 e. The highest BCUT2D eigenvalue weighted by molar-refractivity contribution is 9.10. The molecule has 0 radical (unpaired) electrons. The summed E-state index contributed by atoms with van der Waals surface area (Å²) in [6.45, 7) is 7.75. The molecule has 1 amide bonds. The van der Waals surface area contributed by atoms with Gasteiger partial charge in [0.15, 0.2) is 0 Å². The molecule has 1 aromatic carbocycles. The molecule has 22 heavy (non-hydrogen) atoms. The van der Waals surface area contributed by atoms with Crippen molar-refractivity contribution < 1.29 is 4.79 Å². The lowest BCUT2D eigenvalue weighted by atomic mass is 10.2. The summed E-state index contributed by atoms with van der Waals surface area (Å²) in [5.74, 6) is 0.418. The molecule has 0 aliphatic heterocycles. The van der Waals surface area contributed by atoms with E-state index in [-0.39, 0.29) is 5.91 Å². The minimum Gasteiger partial charge on any atom is -0.341 e. The van der Waals surface area contributed by atoms with E-state index in [1.54, 1.807) is 12.4 Å². The molecular weight excluding hydrogens is 344 g/mol. The zero-order valence-corrected chi connectivity index (χ0v) is 14.5. The maximum atomic E-state index is 12.2. The summed E-state index contributed by atoms with van der Waals surface area (Å²) >= 11 is 3.45. The molecule has 0 unspecified atom stereocenters. The standard InChI is InChI=1S/C16H19BrN4O/c1-4-21(5-2)16-18-9-12(10-19-16)15(22)20-13-7-6-11(3)14(17)8-13/h6-10H,4-5H2,1-3H3,(H,20,22). The molecule has 2 rings (SSSR count). The number of nitrogens with zero attached hydrogens (tertiary/aromatic N) is 3. The molecule has 1 aromatic heterocycles. The number of carbonyl (C=O) groups is 1. The van der Waals surface area contributed by atoms with E-state index in [9.17, 15) is 4.79 Å². The third-order valence-electron chi connectivity index (χ3n) is 3.38. The summed E-state index contributed by atoms with van der Waals surface area (Å²) < 4.78 is 0.957. The maximum Gasteiger partial charge on any atom is 0.258 e. The van der Waals surface area contributed by atoms with E-state index in [1.807, 2.05) is 43.9 Å². The van der Waals surface area contributed by atoms with E-state index in [0.29, 0.717) is 11.5 Å². The third kappa shape index (κ3) is 3.82. The third-order valence-corrected chi connectivity index (χ3v) is 4.23. The number of anilines is 2. The quantitative estimate of drug-likeness (QED) is 0.881. The highest BCUT2D eigenvalue weighted by Gasteiger charge is 2.10. The summed E-state index contributed by atoms with van der Waals surface area (Å²) in [4.78, 5) is 22.8. The van der Waals surface area contributed by atoms with Gasteiger partial charge in [-0.1, -0.05) is 22.0 Å². The van der Waals surface area contributed by atoms with Crippen LogP contribution in [0.4, 0.5) is 11.6 Å². The molecule has 0 saturated heterocycles. The Morgan fingerprint density at radius 3 is 2.41 bits per heavy atom. The Morgan fingerprint density at radius 1 is 1.23 bits per heavy atom. The number of halogens is 1. The Hall–Kier alpha value is -1.95. The van der Waals surface area contributed by atoms with Gasteiger partial charge in [-0.25, -0.2) is 9.97 Å². The lowest BCUT2D eigenvalue weighted by Gasteiger charge is -2.18. The van der Waals surface area contributed by atoms with Gasteiger partial charge in [0.05, 0.1) is 5.56 Å². The zero-order valence-electron chi connectivity index (χ0n) is 12.9. The van der Waals surface area contributed by atoms with Crippen LogP contribution in [-0.2, 0) is 0 Å². The first kappa shape index (κ1) is 16.4. The second-order valence-corrected chi connectivity index (χ2v) is 5.72. The normalized spacial score (nSPS) is 10.4. The van der Waals surface area contributed by atoms with Crippen molar-refractivity contribution in [1.82, 2.24) is 9.97 Å². The fourth-order valence-corrected chi connectivity index (χ4v) is 2.36. The van der Waals surface area contributed by atoms with Crippen molar-refractivity contribution in [3.05, 3.63) is 46.2 Å². The van der Waals surface area contributed by atoms with Crippen LogP contribution in [0.3, 0.4) is 0 Å². The van der Waals surface area contributed by atoms with Crippen molar-refractivity contribution in [2.45, 2.75) is 20.8 Å². The minimum absolute atomic E-state index is 0.221. The van der Waals surface area contributed by atoms with Crippen LogP contribution in [-0.4, -0.2) is 29.0 Å². The van der Waals surface area contributed by atoms with Crippen molar-refractivity contribution in [2.75, 3.05) is 23.3 Å². The fraction of sp³-hybridized carbons (Fsp3) is 0.312. The molecule has 5 nitrogen and oxygen atoms in total. The highest BCUT2D eigenvalue weighted by atomic mass is 79.9. The van der Waals surface area contributed by atoms with E-state index in [1.165, 1.54) is 0 Å². The van der Waals surface area contributed by atoms with Gasteiger partial charge in [0, 0.05) is 35.6 Å². The smallest absolute Gasteiger partial charge is 0.258 e. The first-order valence-electron chi connectivity index (χ1n) is 7.19. The van der Waals surface area contributed by atoms with Gasteiger partial charge >= 0.3 is 0 Å². The summed E-state index contributed by atoms with van der Waals surface area (Å²) in [6.07, 6.45) is 3.11. The average Bonchev–Trinajstić information content (AvgIpc) is 2.53. The van der Waals surface area contributed by atoms with Crippen LogP contribution in [0.15, 0.2) is 35.1 Å². The van der Waals surface area contributed by atoms with Crippen LogP contribution < -0.4 is 10.2 Å². The van der Waals surface area contributed by atoms with Crippen LogP contribution in [0.25, 0.3) is 0 Å². The molecule has 0 bridgehead atoms. The Morgan fingerprint density at radius 2 is 1.86 bits per heavy atom. The summed E-state index contributed by atoms with van der Waals surface area (Å²) in [5, 5.41) is 2.84. The monoisotopic (exact) mass is 362 g/mol. The van der Waals surface area contributed by atoms with E-state index in [2.05, 4.69) is 31.2 Å². The molecule has 1 heterocycles. The van der Waals surface area contributed by atoms with Gasteiger partial charge in [-0.3, -0.25) is 4.79 Å². The topological polar surface area (TPSA) is 58.1 Å². The van der Waals surface area contributed by atoms with Crippen LogP contribution in [0.5, 0.6) is 0 Å². The van der Waals surface area contributed by atoms with E-state index in [0.717, 1.165) is 28.8 Å². The van der Waals surface area contributed by atoms with Crippen LogP contribution >= 0.6 is 15.9 Å². The Labute approximate surface area is 138 Å². The number of aromatic nitrogens is 2. The fourth-order valence-electron chi connectivity index (χ4n) is 1.98. The van der Waals surface area contributed by atoms with Crippen LogP contribution in [0.2, 0.25) is 0 Å². The van der Waals surface area contributed by atoms with Crippen molar-refractivity contribution in [1.29, 1.82) is 0 Å². The van der Waals surface area contributed by atoms with Crippen molar-refractivity contribution >= 4 is 33.5 Å². The van der Waals surface area contributed by atoms with Crippen LogP contribution in [0.1, 0.15) is 29.8 Å². The van der Waals surface area contributed by atoms with Gasteiger partial charge in [-0.05, 0) is 38.5 Å². The molecular formula is C16H19BrN4O. The predicted molar refractivity (Wildman–Crippen MR) is 92.4 cm³/mol. The molecule has 0 atom stereocenters. The summed E-state index contributed by atoms with van der Waals surface area (Å²) in [5.41, 5.74) is 2.29. The van der Waals surface area contributed by atoms with E-state index in [4.69, 9.17) is 0 Å². The van der Waals surface area contributed by atoms with E-state index < -0.39 is 0 Å². The zero-order chi connectivity index (χ0) is 16.1. The van der Waals surface area contributed by atoms with Crippen molar-refractivity contribution in [2.24, 2.45) is 0 Å². The molecule has 0 aliphatic rings. The molecule has 0 saturated carbocycles. The number of benzene rings is 1. The van der Waals surface area contributed by atoms with Gasteiger partial charge in [0.25, 0.3) is 5.91 Å². The SMILES string of the molecule is CCN(CC)c1ncc(C(=O)Nc2ccc(C)c(Br)c2)cn1. The maximum absolute atomic E-state index is 12.2. The number of hydrogen-bond donors (Lipinski definition) is 1. The van der Waals surface area contributed by atoms with Crippen molar-refractivity contribution in [3.8, 4) is 0 Å². The number of carbonyl (C=O) groups excluding carboxylic acids is 1. The molecule has 0 fully saturated rings. The molecule has 0 spiro atoms. The second-order valence-electron chi connectivity index (χ2n) is 4.86. The lowest BCUT2D eigenvalue weighted by Crippen LogP contribution is -2.24. The average molecular weight is 363 g/mol. The number of nitrogens with one attached hydrogen (secondary N) is 1. The predicted octanol–water partition coefficient (Wildman–Crippen LogP) is 3.65. The number of rotatable bonds is 5. The molecule has 0 aliphatic carbocycles. The van der Waals surface area contributed by atoms with Crippen LogP contribution in [0, 0.1) is 6.92 Å². The number of aryl methyl sites for hydroxylation is 1. The van der Waals surface area contributed by atoms with Gasteiger partial charge in [-0.15, -0.1) is 0 Å². The Kier molecular flexibility index (Phi) is 5.49. The first-order valence-corrected chi connectivity index (χ1v) is 7.99. The summed E-state index contributed by atoms with van der Waals surface area (Å²) in [6, 6.07) is 5.68. The van der Waals surface area contributed by atoms with Gasteiger partial charge in [0.1, 0.15) is 0 Å². The van der Waals surface area contributed by atoms with E-state index >= 15 is 0 Å². The lowest BCUT2D eigenvalue weighted by molar-refractivity contribution is 0.102. The highest BCUT2D eigenvalue weighted by Crippen LogP contribution is 2.21. The second kappa shape index (κ2) is 7.35. The van der Waals surface area contributed by atoms with Gasteiger partial charge in [0.2, 0.25) is 5.95 Å². The number of hydrogen-bond acceptors (Lipinski definition) is 4. The minimum atomic E-state index is -0.221. The van der Waals surface area contributed by atoms with Crippen molar-refractivity contribution in [3.63, 3.8) is 0 Å². The Bertz CT molecular complexity index is 654. The first-order chi connectivity index (χ1) is 10.5. The molecule has 116 valence electrons. The number of amides is 1.